The van der Waals surface area contributed by atoms with Gasteiger partial charge in [0.05, 0.1) is 12.2 Å². The highest BCUT2D eigenvalue weighted by Crippen LogP contribution is 2.20. The molecule has 1 aromatic heterocycles. The van der Waals surface area contributed by atoms with Crippen LogP contribution in [0.15, 0.2) is 67.8 Å². The van der Waals surface area contributed by atoms with Crippen LogP contribution in [0.3, 0.4) is 0 Å². The van der Waals surface area contributed by atoms with Gasteiger partial charge in [-0.1, -0.05) is 6.58 Å². The molecule has 0 aromatic carbocycles. The van der Waals surface area contributed by atoms with Crippen molar-refractivity contribution in [2.45, 2.75) is 19.9 Å². The molecule has 1 atom stereocenters. The van der Waals surface area contributed by atoms with Gasteiger partial charge in [-0.25, -0.2) is 4.98 Å². The minimum Gasteiger partial charge on any atom is -0.294 e. The summed E-state index contributed by atoms with van der Waals surface area (Å²) in [6.07, 6.45) is 7.88. The van der Waals surface area contributed by atoms with E-state index in [0.717, 1.165) is 5.57 Å². The summed E-state index contributed by atoms with van der Waals surface area (Å²) in [4.78, 5) is 21.0. The average molecular weight is 295 g/mol. The first-order valence-corrected chi connectivity index (χ1v) is 6.75. The lowest BCUT2D eigenvalue weighted by Gasteiger charge is -2.08. The summed E-state index contributed by atoms with van der Waals surface area (Å²) in [5.74, 6) is 0.446. The van der Waals surface area contributed by atoms with Crippen LogP contribution in [0, 0.1) is 0 Å². The zero-order chi connectivity index (χ0) is 15.9. The summed E-state index contributed by atoms with van der Waals surface area (Å²) in [7, 11) is 1.67. The van der Waals surface area contributed by atoms with E-state index in [1.54, 1.807) is 31.9 Å². The Bertz CT molecular complexity index is 696. The number of hydrogen-bond acceptors (Lipinski definition) is 7. The van der Waals surface area contributed by atoms with Crippen molar-refractivity contribution in [1.82, 2.24) is 9.97 Å². The topological polar surface area (TPSA) is 87.6 Å². The standard InChI is InChI=1S/C15H17N7/c1-5-18-12(8-16-4)14-10(2)11(3)20-15(22-21-14)13-9-17-6-7-19-13/h5-9,11H,1H2,2-4H3/b16-8-,18-12+. The lowest BCUT2D eigenvalue weighted by atomic mass is 10.1. The van der Waals surface area contributed by atoms with Gasteiger partial charge in [-0.2, -0.15) is 0 Å². The van der Waals surface area contributed by atoms with E-state index in [2.05, 4.69) is 41.8 Å². The Kier molecular flexibility index (Phi) is 5.13. The lowest BCUT2D eigenvalue weighted by molar-refractivity contribution is 0.857. The van der Waals surface area contributed by atoms with E-state index >= 15 is 0 Å². The lowest BCUT2D eigenvalue weighted by Crippen LogP contribution is -2.10. The molecule has 22 heavy (non-hydrogen) atoms. The van der Waals surface area contributed by atoms with E-state index in [4.69, 9.17) is 0 Å². The van der Waals surface area contributed by atoms with Crippen molar-refractivity contribution >= 4 is 17.8 Å². The molecule has 0 radical (unpaired) electrons. The molecule has 0 N–H and O–H groups in total. The summed E-state index contributed by atoms with van der Waals surface area (Å²) >= 11 is 0. The first-order chi connectivity index (χ1) is 10.7. The van der Waals surface area contributed by atoms with E-state index in [1.165, 1.54) is 6.20 Å². The van der Waals surface area contributed by atoms with Crippen LogP contribution in [0.2, 0.25) is 0 Å². The SMILES string of the molecule is C=C/N=C(\C=N/C)C1=C(C)C(C)N=C(c2cnccn2)N=N1. The number of aliphatic imine (C=N–C) groups is 3. The van der Waals surface area contributed by atoms with Crippen molar-refractivity contribution in [3.63, 3.8) is 0 Å². The van der Waals surface area contributed by atoms with E-state index in [1.807, 2.05) is 13.8 Å². The molecule has 2 heterocycles. The van der Waals surface area contributed by atoms with Crippen molar-refractivity contribution in [3.05, 3.63) is 48.3 Å². The second kappa shape index (κ2) is 7.26. The largest absolute Gasteiger partial charge is 0.294 e. The van der Waals surface area contributed by atoms with Crippen molar-refractivity contribution in [2.75, 3.05) is 7.05 Å². The molecular formula is C15H17N7. The zero-order valence-corrected chi connectivity index (χ0v) is 12.8. The van der Waals surface area contributed by atoms with Gasteiger partial charge in [0.1, 0.15) is 17.1 Å². The second-order valence-electron chi connectivity index (χ2n) is 4.54. The molecule has 1 aromatic rings. The van der Waals surface area contributed by atoms with Crippen LogP contribution in [-0.4, -0.2) is 40.8 Å². The molecule has 0 bridgehead atoms. The van der Waals surface area contributed by atoms with Gasteiger partial charge in [-0.05, 0) is 19.4 Å². The molecule has 0 fully saturated rings. The first kappa shape index (κ1) is 15.6. The fourth-order valence-electron chi connectivity index (χ4n) is 1.84. The van der Waals surface area contributed by atoms with Crippen LogP contribution >= 0.6 is 0 Å². The van der Waals surface area contributed by atoms with E-state index in [9.17, 15) is 0 Å². The number of azo groups is 1. The maximum atomic E-state index is 4.55. The third kappa shape index (κ3) is 3.43. The fourth-order valence-corrected chi connectivity index (χ4v) is 1.84. The van der Waals surface area contributed by atoms with Crippen molar-refractivity contribution in [3.8, 4) is 0 Å². The summed E-state index contributed by atoms with van der Waals surface area (Å²) < 4.78 is 0. The molecular weight excluding hydrogens is 278 g/mol. The highest BCUT2D eigenvalue weighted by Gasteiger charge is 2.18. The number of nitrogens with zero attached hydrogens (tertiary/aromatic N) is 7. The molecule has 0 amide bonds. The second-order valence-corrected chi connectivity index (χ2v) is 4.54. The van der Waals surface area contributed by atoms with Gasteiger partial charge in [0, 0.05) is 31.9 Å². The molecule has 1 unspecified atom stereocenters. The van der Waals surface area contributed by atoms with Gasteiger partial charge in [0.15, 0.2) is 5.84 Å². The first-order valence-electron chi connectivity index (χ1n) is 6.75. The minimum absolute atomic E-state index is 0.109. The molecule has 0 spiro atoms. The molecule has 1 aliphatic rings. The molecule has 0 aliphatic carbocycles. The number of amidine groups is 1. The Labute approximate surface area is 129 Å². The van der Waals surface area contributed by atoms with Crippen LogP contribution in [0.1, 0.15) is 19.5 Å². The molecule has 1 aliphatic heterocycles. The third-order valence-corrected chi connectivity index (χ3v) is 3.08. The smallest absolute Gasteiger partial charge is 0.198 e. The van der Waals surface area contributed by atoms with Crippen LogP contribution in [0.4, 0.5) is 0 Å². The van der Waals surface area contributed by atoms with Crippen LogP contribution in [0.5, 0.6) is 0 Å². The minimum atomic E-state index is -0.109. The highest BCUT2D eigenvalue weighted by molar-refractivity contribution is 6.38. The van der Waals surface area contributed by atoms with Gasteiger partial charge >= 0.3 is 0 Å². The summed E-state index contributed by atoms with van der Waals surface area (Å²) in [5.41, 5.74) is 2.77. The third-order valence-electron chi connectivity index (χ3n) is 3.08. The number of aromatic nitrogens is 2. The Hall–Kier alpha value is -2.83. The predicted octanol–water partition coefficient (Wildman–Crippen LogP) is 2.64. The van der Waals surface area contributed by atoms with Gasteiger partial charge in [-0.3, -0.25) is 20.0 Å². The summed E-state index contributed by atoms with van der Waals surface area (Å²) in [6.45, 7) is 7.53. The monoisotopic (exact) mass is 295 g/mol. The molecule has 7 heteroatoms. The number of allylic oxidation sites excluding steroid dienone is 1. The van der Waals surface area contributed by atoms with Crippen LogP contribution in [0.25, 0.3) is 0 Å². The van der Waals surface area contributed by atoms with Gasteiger partial charge in [0.2, 0.25) is 0 Å². The Balaban J connectivity index is 2.46. The number of rotatable bonds is 4. The van der Waals surface area contributed by atoms with E-state index < -0.39 is 0 Å². The fraction of sp³-hybridized carbons (Fsp3) is 0.267. The van der Waals surface area contributed by atoms with Crippen LogP contribution < -0.4 is 0 Å². The molecule has 112 valence electrons. The number of hydrogen-bond donors (Lipinski definition) is 0. The summed E-state index contributed by atoms with van der Waals surface area (Å²) in [5, 5.41) is 8.49. The van der Waals surface area contributed by atoms with Crippen molar-refractivity contribution < 1.29 is 0 Å². The molecule has 7 nitrogen and oxygen atoms in total. The predicted molar refractivity (Wildman–Crippen MR) is 87.6 cm³/mol. The van der Waals surface area contributed by atoms with Crippen molar-refractivity contribution in [1.29, 1.82) is 0 Å². The zero-order valence-electron chi connectivity index (χ0n) is 12.8. The normalized spacial score (nSPS) is 19.3. The Morgan fingerprint density at radius 2 is 2.14 bits per heavy atom. The maximum Gasteiger partial charge on any atom is 0.198 e. The quantitative estimate of drug-likeness (QED) is 0.799. The summed E-state index contributed by atoms with van der Waals surface area (Å²) in [6, 6.07) is -0.109. The molecule has 2 rings (SSSR count). The van der Waals surface area contributed by atoms with Gasteiger partial charge in [0.25, 0.3) is 0 Å². The molecule has 0 saturated heterocycles. The Morgan fingerprint density at radius 3 is 2.77 bits per heavy atom. The van der Waals surface area contributed by atoms with E-state index in [0.29, 0.717) is 22.9 Å². The van der Waals surface area contributed by atoms with Gasteiger partial charge in [-0.15, -0.1) is 10.2 Å². The Morgan fingerprint density at radius 1 is 1.32 bits per heavy atom. The van der Waals surface area contributed by atoms with Gasteiger partial charge < -0.3 is 0 Å². The maximum absolute atomic E-state index is 4.55. The average Bonchev–Trinajstić information content (AvgIpc) is 2.68. The van der Waals surface area contributed by atoms with E-state index in [-0.39, 0.29) is 6.04 Å². The van der Waals surface area contributed by atoms with Crippen molar-refractivity contribution in [2.24, 2.45) is 25.2 Å². The van der Waals surface area contributed by atoms with Crippen LogP contribution in [-0.2, 0) is 0 Å². The molecule has 0 saturated carbocycles. The highest BCUT2D eigenvalue weighted by atomic mass is 15.2.